The standard InChI is InChI=1S/C15H16N2O2/c18-14-5-3-13(4-6-14)15(19)17-9-1-2-12-7-10-16-11-8-12/h3-8,10-11,18H,1-2,9H2,(H,17,19). The number of amides is 1. The van der Waals surface area contributed by atoms with E-state index in [4.69, 9.17) is 5.11 Å². The van der Waals surface area contributed by atoms with Gasteiger partial charge in [-0.3, -0.25) is 9.78 Å². The maximum absolute atomic E-state index is 11.8. The Hall–Kier alpha value is -2.36. The summed E-state index contributed by atoms with van der Waals surface area (Å²) in [5.74, 6) is 0.0453. The second kappa shape index (κ2) is 6.54. The van der Waals surface area contributed by atoms with Gasteiger partial charge in [-0.25, -0.2) is 0 Å². The Bertz CT molecular complexity index is 524. The fourth-order valence-electron chi connectivity index (χ4n) is 1.76. The molecule has 0 fully saturated rings. The molecule has 1 aromatic carbocycles. The highest BCUT2D eigenvalue weighted by atomic mass is 16.3. The molecule has 2 aromatic rings. The Morgan fingerprint density at radius 1 is 1.11 bits per heavy atom. The van der Waals surface area contributed by atoms with Crippen LogP contribution in [0.25, 0.3) is 0 Å². The number of aromatic hydroxyl groups is 1. The summed E-state index contributed by atoms with van der Waals surface area (Å²) in [4.78, 5) is 15.7. The van der Waals surface area contributed by atoms with Gasteiger partial charge in [0.05, 0.1) is 0 Å². The molecule has 0 spiro atoms. The van der Waals surface area contributed by atoms with Crippen molar-refractivity contribution in [1.29, 1.82) is 0 Å². The zero-order chi connectivity index (χ0) is 13.5. The van der Waals surface area contributed by atoms with Crippen LogP contribution in [0.1, 0.15) is 22.3 Å². The van der Waals surface area contributed by atoms with E-state index in [2.05, 4.69) is 10.3 Å². The first-order chi connectivity index (χ1) is 9.25. The summed E-state index contributed by atoms with van der Waals surface area (Å²) in [5.41, 5.74) is 1.77. The Balaban J connectivity index is 1.74. The van der Waals surface area contributed by atoms with E-state index in [0.29, 0.717) is 12.1 Å². The zero-order valence-electron chi connectivity index (χ0n) is 10.5. The van der Waals surface area contributed by atoms with Crippen LogP contribution in [0.15, 0.2) is 48.8 Å². The van der Waals surface area contributed by atoms with Crippen molar-refractivity contribution in [3.63, 3.8) is 0 Å². The number of nitrogens with one attached hydrogen (secondary N) is 1. The highest BCUT2D eigenvalue weighted by molar-refractivity contribution is 5.94. The number of benzene rings is 1. The first-order valence-corrected chi connectivity index (χ1v) is 6.22. The lowest BCUT2D eigenvalue weighted by Crippen LogP contribution is -2.24. The summed E-state index contributed by atoms with van der Waals surface area (Å²) in [5, 5.41) is 12.0. The highest BCUT2D eigenvalue weighted by Gasteiger charge is 2.04. The molecule has 19 heavy (non-hydrogen) atoms. The van der Waals surface area contributed by atoms with Crippen molar-refractivity contribution >= 4 is 5.91 Å². The molecule has 0 aliphatic carbocycles. The topological polar surface area (TPSA) is 62.2 Å². The van der Waals surface area contributed by atoms with Gasteiger partial charge in [0.1, 0.15) is 5.75 Å². The number of carbonyl (C=O) groups is 1. The van der Waals surface area contributed by atoms with Crippen molar-refractivity contribution in [2.24, 2.45) is 0 Å². The average molecular weight is 256 g/mol. The number of hydrogen-bond acceptors (Lipinski definition) is 3. The molecular formula is C15H16N2O2. The predicted molar refractivity (Wildman–Crippen MR) is 73.0 cm³/mol. The maximum atomic E-state index is 11.8. The molecule has 0 radical (unpaired) electrons. The Labute approximate surface area is 112 Å². The van der Waals surface area contributed by atoms with E-state index < -0.39 is 0 Å². The van der Waals surface area contributed by atoms with Gasteiger partial charge in [0, 0.05) is 24.5 Å². The molecule has 4 heteroatoms. The SMILES string of the molecule is O=C(NCCCc1ccncc1)c1ccc(O)cc1. The van der Waals surface area contributed by atoms with E-state index in [0.717, 1.165) is 12.8 Å². The number of hydrogen-bond donors (Lipinski definition) is 2. The fraction of sp³-hybridized carbons (Fsp3) is 0.200. The third-order valence-electron chi connectivity index (χ3n) is 2.81. The third-order valence-corrected chi connectivity index (χ3v) is 2.81. The molecule has 1 amide bonds. The van der Waals surface area contributed by atoms with Crippen LogP contribution >= 0.6 is 0 Å². The van der Waals surface area contributed by atoms with Crippen LogP contribution in [0, 0.1) is 0 Å². The summed E-state index contributed by atoms with van der Waals surface area (Å²) in [6.45, 7) is 0.627. The van der Waals surface area contributed by atoms with Gasteiger partial charge in [0.25, 0.3) is 5.91 Å². The van der Waals surface area contributed by atoms with E-state index >= 15 is 0 Å². The lowest BCUT2D eigenvalue weighted by atomic mass is 10.1. The van der Waals surface area contributed by atoms with Gasteiger partial charge >= 0.3 is 0 Å². The van der Waals surface area contributed by atoms with Crippen LogP contribution in [0.2, 0.25) is 0 Å². The summed E-state index contributed by atoms with van der Waals surface area (Å²) in [7, 11) is 0. The van der Waals surface area contributed by atoms with Crippen molar-refractivity contribution in [3.05, 3.63) is 59.9 Å². The van der Waals surface area contributed by atoms with E-state index in [1.807, 2.05) is 12.1 Å². The van der Waals surface area contributed by atoms with Crippen molar-refractivity contribution in [2.45, 2.75) is 12.8 Å². The van der Waals surface area contributed by atoms with Crippen LogP contribution in [0.3, 0.4) is 0 Å². The average Bonchev–Trinajstić information content (AvgIpc) is 2.45. The smallest absolute Gasteiger partial charge is 0.251 e. The molecule has 0 aliphatic rings. The minimum Gasteiger partial charge on any atom is -0.508 e. The summed E-state index contributed by atoms with van der Waals surface area (Å²) >= 11 is 0. The van der Waals surface area contributed by atoms with Crippen molar-refractivity contribution in [1.82, 2.24) is 10.3 Å². The number of aromatic nitrogens is 1. The molecule has 0 atom stereocenters. The molecule has 98 valence electrons. The predicted octanol–water partition coefficient (Wildman–Crippen LogP) is 2.15. The van der Waals surface area contributed by atoms with Crippen LogP contribution in [0.5, 0.6) is 5.75 Å². The van der Waals surface area contributed by atoms with Crippen molar-refractivity contribution in [2.75, 3.05) is 6.54 Å². The van der Waals surface area contributed by atoms with Crippen LogP contribution in [0.4, 0.5) is 0 Å². The number of phenolic OH excluding ortho intramolecular Hbond substituents is 1. The molecule has 1 aromatic heterocycles. The summed E-state index contributed by atoms with van der Waals surface area (Å²) in [6.07, 6.45) is 5.33. The molecule has 0 bridgehead atoms. The Morgan fingerprint density at radius 2 is 1.79 bits per heavy atom. The van der Waals surface area contributed by atoms with E-state index in [1.165, 1.54) is 17.7 Å². The molecule has 0 unspecified atom stereocenters. The van der Waals surface area contributed by atoms with Crippen molar-refractivity contribution < 1.29 is 9.90 Å². The zero-order valence-corrected chi connectivity index (χ0v) is 10.5. The van der Waals surface area contributed by atoms with E-state index in [1.54, 1.807) is 24.5 Å². The minimum absolute atomic E-state index is 0.116. The minimum atomic E-state index is -0.116. The van der Waals surface area contributed by atoms with Crippen molar-refractivity contribution in [3.8, 4) is 5.75 Å². The largest absolute Gasteiger partial charge is 0.508 e. The van der Waals surface area contributed by atoms with Gasteiger partial charge in [-0.05, 0) is 54.8 Å². The van der Waals surface area contributed by atoms with E-state index in [-0.39, 0.29) is 11.7 Å². The lowest BCUT2D eigenvalue weighted by Gasteiger charge is -2.05. The van der Waals surface area contributed by atoms with E-state index in [9.17, 15) is 4.79 Å². The molecule has 0 saturated heterocycles. The lowest BCUT2D eigenvalue weighted by molar-refractivity contribution is 0.0953. The van der Waals surface area contributed by atoms with Crippen LogP contribution in [-0.4, -0.2) is 22.5 Å². The molecule has 2 N–H and O–H groups in total. The third kappa shape index (κ3) is 4.10. The fourth-order valence-corrected chi connectivity index (χ4v) is 1.76. The highest BCUT2D eigenvalue weighted by Crippen LogP contribution is 2.09. The molecule has 0 saturated carbocycles. The number of nitrogens with zero attached hydrogens (tertiary/aromatic N) is 1. The molecule has 2 rings (SSSR count). The monoisotopic (exact) mass is 256 g/mol. The second-order valence-electron chi connectivity index (χ2n) is 4.26. The molecule has 0 aliphatic heterocycles. The molecule has 4 nitrogen and oxygen atoms in total. The molecular weight excluding hydrogens is 240 g/mol. The molecule has 1 heterocycles. The second-order valence-corrected chi connectivity index (χ2v) is 4.26. The van der Waals surface area contributed by atoms with Gasteiger partial charge in [0.15, 0.2) is 0 Å². The normalized spacial score (nSPS) is 10.1. The quantitative estimate of drug-likeness (QED) is 0.806. The van der Waals surface area contributed by atoms with Crippen LogP contribution < -0.4 is 5.32 Å². The van der Waals surface area contributed by atoms with Gasteiger partial charge in [-0.15, -0.1) is 0 Å². The number of aryl methyl sites for hydroxylation is 1. The summed E-state index contributed by atoms with van der Waals surface area (Å²) < 4.78 is 0. The van der Waals surface area contributed by atoms with Gasteiger partial charge in [-0.1, -0.05) is 0 Å². The number of carbonyl (C=O) groups excluding carboxylic acids is 1. The maximum Gasteiger partial charge on any atom is 0.251 e. The van der Waals surface area contributed by atoms with Gasteiger partial charge in [0.2, 0.25) is 0 Å². The van der Waals surface area contributed by atoms with Crippen LogP contribution in [-0.2, 0) is 6.42 Å². The number of pyridine rings is 1. The Kier molecular flexibility index (Phi) is 4.50. The van der Waals surface area contributed by atoms with Gasteiger partial charge < -0.3 is 10.4 Å². The Morgan fingerprint density at radius 3 is 2.47 bits per heavy atom. The first kappa shape index (κ1) is 13.1. The first-order valence-electron chi connectivity index (χ1n) is 6.22. The van der Waals surface area contributed by atoms with Gasteiger partial charge in [-0.2, -0.15) is 0 Å². The number of rotatable bonds is 5. The summed E-state index contributed by atoms with van der Waals surface area (Å²) in [6, 6.07) is 10.2. The number of phenols is 1.